The van der Waals surface area contributed by atoms with Crippen molar-refractivity contribution in [3.8, 4) is 0 Å². The topological polar surface area (TPSA) is 0 Å². The Hall–Kier alpha value is 0.697. The number of hydrogen-bond donors (Lipinski definition) is 0. The van der Waals surface area contributed by atoms with Crippen molar-refractivity contribution in [2.24, 2.45) is 17.8 Å². The van der Waals surface area contributed by atoms with Crippen LogP contribution in [0.25, 0.3) is 0 Å². The molecule has 0 amide bonds. The second kappa shape index (κ2) is 7.33. The van der Waals surface area contributed by atoms with Gasteiger partial charge in [0.25, 0.3) is 0 Å². The number of alkyl halides is 1. The van der Waals surface area contributed by atoms with Gasteiger partial charge < -0.3 is 0 Å². The molecule has 1 heterocycles. The Kier molecular flexibility index (Phi) is 6.08. The van der Waals surface area contributed by atoms with Crippen molar-refractivity contribution in [3.63, 3.8) is 0 Å². The fourth-order valence-corrected chi connectivity index (χ4v) is 8.30. The van der Waals surface area contributed by atoms with E-state index in [-0.39, 0.29) is 8.80 Å². The van der Waals surface area contributed by atoms with E-state index in [4.69, 9.17) is 0 Å². The summed E-state index contributed by atoms with van der Waals surface area (Å²) >= 11 is 3.66. The van der Waals surface area contributed by atoms with Crippen LogP contribution in [0.15, 0.2) is 0 Å². The van der Waals surface area contributed by atoms with Crippen molar-refractivity contribution in [1.29, 1.82) is 0 Å². The summed E-state index contributed by atoms with van der Waals surface area (Å²) in [5.41, 5.74) is 0. The van der Waals surface area contributed by atoms with Gasteiger partial charge in [0.1, 0.15) is 0 Å². The fraction of sp³-hybridized carbons (Fsp3) is 1.00. The maximum Gasteiger partial charge on any atom is 0.0367 e. The Morgan fingerprint density at radius 2 is 1.53 bits per heavy atom. The van der Waals surface area contributed by atoms with Crippen LogP contribution in [0.2, 0.25) is 18.1 Å². The zero-order valence-electron chi connectivity index (χ0n) is 11.5. The van der Waals surface area contributed by atoms with Crippen molar-refractivity contribution in [2.45, 2.75) is 70.0 Å². The molecule has 2 aliphatic rings. The molecule has 0 atom stereocenters. The lowest BCUT2D eigenvalue weighted by atomic mass is 9.74. The maximum atomic E-state index is 3.66. The van der Waals surface area contributed by atoms with Gasteiger partial charge in [0.05, 0.1) is 0 Å². The molecule has 0 aromatic heterocycles. The molecule has 2 heteroatoms. The lowest BCUT2D eigenvalue weighted by Crippen LogP contribution is -2.28. The molecule has 0 nitrogen and oxygen atoms in total. The van der Waals surface area contributed by atoms with Gasteiger partial charge in [-0.3, -0.25) is 0 Å². The molecule has 1 saturated carbocycles. The lowest BCUT2D eigenvalue weighted by molar-refractivity contribution is 0.201. The Balaban J connectivity index is 1.70. The summed E-state index contributed by atoms with van der Waals surface area (Å²) in [4.78, 5) is 0. The Morgan fingerprint density at radius 1 is 0.941 bits per heavy atom. The SMILES string of the molecule is CCC[SiH]1CCC(C2CCC(CBr)CC2)CC1. The highest BCUT2D eigenvalue weighted by atomic mass is 79.9. The minimum Gasteiger partial charge on any atom is -0.0925 e. The molecule has 1 aliphatic carbocycles. The van der Waals surface area contributed by atoms with Gasteiger partial charge in [-0.15, -0.1) is 0 Å². The van der Waals surface area contributed by atoms with Crippen molar-refractivity contribution in [1.82, 2.24) is 0 Å². The first-order valence-corrected chi connectivity index (χ1v) is 11.5. The number of rotatable bonds is 4. The largest absolute Gasteiger partial charge is 0.0925 e. The van der Waals surface area contributed by atoms with Crippen LogP contribution in [0.5, 0.6) is 0 Å². The van der Waals surface area contributed by atoms with Gasteiger partial charge in [0.2, 0.25) is 0 Å². The molecule has 2 fully saturated rings. The van der Waals surface area contributed by atoms with Gasteiger partial charge in [-0.25, -0.2) is 0 Å². The highest BCUT2D eigenvalue weighted by Crippen LogP contribution is 2.41. The standard InChI is InChI=1S/C15H29BrSi/c1-2-9-17-10-7-15(8-11-17)14-5-3-13(12-16)4-6-14/h13-15,17H,2-12H2,1H3. The number of hydrogen-bond acceptors (Lipinski definition) is 0. The summed E-state index contributed by atoms with van der Waals surface area (Å²) in [5.74, 6) is 3.24. The van der Waals surface area contributed by atoms with Gasteiger partial charge >= 0.3 is 0 Å². The fourth-order valence-electron chi connectivity index (χ4n) is 4.17. The summed E-state index contributed by atoms with van der Waals surface area (Å²) in [6.07, 6.45) is 10.8. The van der Waals surface area contributed by atoms with Crippen LogP contribution in [0.1, 0.15) is 51.9 Å². The van der Waals surface area contributed by atoms with Crippen molar-refractivity contribution in [2.75, 3.05) is 5.33 Å². The average Bonchev–Trinajstić information content (AvgIpc) is 2.40. The zero-order valence-corrected chi connectivity index (χ0v) is 14.2. The predicted molar refractivity (Wildman–Crippen MR) is 83.8 cm³/mol. The average molecular weight is 317 g/mol. The van der Waals surface area contributed by atoms with Crippen LogP contribution < -0.4 is 0 Å². The summed E-state index contributed by atoms with van der Waals surface area (Å²) in [6.45, 7) is 2.38. The molecule has 0 spiro atoms. The summed E-state index contributed by atoms with van der Waals surface area (Å²) in [6, 6.07) is 4.98. The first kappa shape index (κ1) is 14.1. The quantitative estimate of drug-likeness (QED) is 0.492. The third kappa shape index (κ3) is 4.09. The number of halogens is 1. The lowest BCUT2D eigenvalue weighted by Gasteiger charge is -2.37. The highest BCUT2D eigenvalue weighted by molar-refractivity contribution is 9.09. The molecule has 2 rings (SSSR count). The molecule has 0 bridgehead atoms. The van der Waals surface area contributed by atoms with Crippen molar-refractivity contribution in [3.05, 3.63) is 0 Å². The Labute approximate surface area is 118 Å². The first-order chi connectivity index (χ1) is 8.33. The van der Waals surface area contributed by atoms with Gasteiger partial charge in [0.15, 0.2) is 0 Å². The second-order valence-corrected chi connectivity index (χ2v) is 10.6. The zero-order chi connectivity index (χ0) is 12.1. The van der Waals surface area contributed by atoms with E-state index in [1.54, 1.807) is 43.8 Å². The van der Waals surface area contributed by atoms with E-state index in [9.17, 15) is 0 Å². The first-order valence-electron chi connectivity index (χ1n) is 7.89. The molecule has 17 heavy (non-hydrogen) atoms. The third-order valence-electron chi connectivity index (χ3n) is 5.36. The molecule has 0 aromatic carbocycles. The van der Waals surface area contributed by atoms with Gasteiger partial charge in [-0.1, -0.05) is 60.2 Å². The van der Waals surface area contributed by atoms with Crippen molar-refractivity contribution < 1.29 is 0 Å². The van der Waals surface area contributed by atoms with E-state index in [0.717, 1.165) is 17.8 Å². The van der Waals surface area contributed by atoms with E-state index in [2.05, 4.69) is 22.9 Å². The van der Waals surface area contributed by atoms with Crippen LogP contribution in [0.3, 0.4) is 0 Å². The van der Waals surface area contributed by atoms with Gasteiger partial charge in [-0.05, 0) is 43.4 Å². The molecular formula is C15H29BrSi. The normalized spacial score (nSPS) is 39.2. The minimum atomic E-state index is -0.245. The van der Waals surface area contributed by atoms with Crippen LogP contribution in [0.4, 0.5) is 0 Å². The summed E-state index contributed by atoms with van der Waals surface area (Å²) in [5, 5.41) is 1.25. The minimum absolute atomic E-state index is 0.245. The smallest absolute Gasteiger partial charge is 0.0367 e. The molecule has 0 radical (unpaired) electrons. The van der Waals surface area contributed by atoms with Crippen LogP contribution in [-0.4, -0.2) is 14.1 Å². The van der Waals surface area contributed by atoms with E-state index in [1.807, 2.05) is 0 Å². The monoisotopic (exact) mass is 316 g/mol. The van der Waals surface area contributed by atoms with Crippen LogP contribution in [0, 0.1) is 17.8 Å². The van der Waals surface area contributed by atoms with E-state index < -0.39 is 0 Å². The summed E-state index contributed by atoms with van der Waals surface area (Å²) < 4.78 is 0. The van der Waals surface area contributed by atoms with Crippen molar-refractivity contribution >= 4 is 24.7 Å². The van der Waals surface area contributed by atoms with Gasteiger partial charge in [0, 0.05) is 14.1 Å². The van der Waals surface area contributed by atoms with Crippen LogP contribution >= 0.6 is 15.9 Å². The maximum absolute atomic E-state index is 3.66. The molecular weight excluding hydrogens is 288 g/mol. The third-order valence-corrected chi connectivity index (χ3v) is 9.97. The van der Waals surface area contributed by atoms with Gasteiger partial charge in [-0.2, -0.15) is 0 Å². The molecule has 0 N–H and O–H groups in total. The Bertz CT molecular complexity index is 203. The Morgan fingerprint density at radius 3 is 2.06 bits per heavy atom. The van der Waals surface area contributed by atoms with E-state index in [0.29, 0.717) is 0 Å². The summed E-state index contributed by atoms with van der Waals surface area (Å²) in [7, 11) is -0.245. The molecule has 0 aromatic rings. The second-order valence-electron chi connectivity index (χ2n) is 6.50. The highest BCUT2D eigenvalue weighted by Gasteiger charge is 2.30. The molecule has 1 aliphatic heterocycles. The molecule has 1 saturated heterocycles. The van der Waals surface area contributed by atoms with Crippen LogP contribution in [-0.2, 0) is 0 Å². The molecule has 0 unspecified atom stereocenters. The van der Waals surface area contributed by atoms with E-state index in [1.165, 1.54) is 24.6 Å². The molecule has 100 valence electrons. The predicted octanol–water partition coefficient (Wildman–Crippen LogP) is 5.23. The van der Waals surface area contributed by atoms with E-state index >= 15 is 0 Å².